The van der Waals surface area contributed by atoms with Gasteiger partial charge in [-0.15, -0.1) is 0 Å². The van der Waals surface area contributed by atoms with E-state index in [9.17, 15) is 0 Å². The number of hydrogen-bond acceptors (Lipinski definition) is 3. The maximum Gasteiger partial charge on any atom is 0.125 e. The molecule has 1 aromatic carbocycles. The molecule has 0 unspecified atom stereocenters. The summed E-state index contributed by atoms with van der Waals surface area (Å²) in [5, 5.41) is 3.23. The van der Waals surface area contributed by atoms with Crippen molar-refractivity contribution in [3.8, 4) is 5.75 Å². The van der Waals surface area contributed by atoms with Crippen LogP contribution < -0.4 is 15.0 Å². The van der Waals surface area contributed by atoms with Crippen molar-refractivity contribution in [3.05, 3.63) is 23.8 Å². The highest BCUT2D eigenvalue weighted by atomic mass is 16.5. The smallest absolute Gasteiger partial charge is 0.125 e. The molecule has 0 radical (unpaired) electrons. The first-order chi connectivity index (χ1) is 8.36. The molecular formula is C14H22N2O. The summed E-state index contributed by atoms with van der Waals surface area (Å²) in [7, 11) is 3.72. The molecule has 94 valence electrons. The Balaban J connectivity index is 2.30. The van der Waals surface area contributed by atoms with Gasteiger partial charge in [-0.2, -0.15) is 0 Å². The highest BCUT2D eigenvalue weighted by Crippen LogP contribution is 2.30. The summed E-state index contributed by atoms with van der Waals surface area (Å²) in [4.78, 5) is 2.48. The number of nitrogens with one attached hydrogen (secondary N) is 1. The average Bonchev–Trinajstić information content (AvgIpc) is 2.40. The first-order valence-electron chi connectivity index (χ1n) is 6.42. The van der Waals surface area contributed by atoms with Crippen LogP contribution in [0, 0.1) is 0 Å². The fourth-order valence-electron chi connectivity index (χ4n) is 2.53. The molecule has 1 aromatic rings. The van der Waals surface area contributed by atoms with E-state index in [4.69, 9.17) is 4.74 Å². The summed E-state index contributed by atoms with van der Waals surface area (Å²) in [6, 6.07) is 6.34. The molecule has 3 heteroatoms. The van der Waals surface area contributed by atoms with Gasteiger partial charge in [0.15, 0.2) is 0 Å². The summed E-state index contributed by atoms with van der Waals surface area (Å²) in [6.07, 6.45) is 3.97. The molecule has 0 spiro atoms. The lowest BCUT2D eigenvalue weighted by Crippen LogP contribution is -2.30. The second-order valence-electron chi connectivity index (χ2n) is 4.54. The lowest BCUT2D eigenvalue weighted by atomic mass is 10.1. The molecule has 2 rings (SSSR count). The quantitative estimate of drug-likeness (QED) is 0.866. The Hall–Kier alpha value is -1.22. The van der Waals surface area contributed by atoms with E-state index in [-0.39, 0.29) is 0 Å². The number of piperidine rings is 1. The van der Waals surface area contributed by atoms with Gasteiger partial charge >= 0.3 is 0 Å². The summed E-state index contributed by atoms with van der Waals surface area (Å²) in [5.41, 5.74) is 2.61. The minimum absolute atomic E-state index is 0.857. The van der Waals surface area contributed by atoms with E-state index in [1.54, 1.807) is 7.11 Å². The van der Waals surface area contributed by atoms with Crippen LogP contribution in [0.1, 0.15) is 24.8 Å². The minimum atomic E-state index is 0.857. The van der Waals surface area contributed by atoms with Crippen LogP contribution in [-0.4, -0.2) is 27.2 Å². The maximum absolute atomic E-state index is 5.46. The Morgan fingerprint density at radius 2 is 2.00 bits per heavy atom. The van der Waals surface area contributed by atoms with E-state index in [1.807, 2.05) is 13.1 Å². The minimum Gasteiger partial charge on any atom is -0.496 e. The van der Waals surface area contributed by atoms with Gasteiger partial charge in [0.1, 0.15) is 5.75 Å². The van der Waals surface area contributed by atoms with E-state index in [0.717, 1.165) is 12.3 Å². The predicted molar refractivity (Wildman–Crippen MR) is 71.8 cm³/mol. The molecule has 1 fully saturated rings. The molecule has 0 amide bonds. The van der Waals surface area contributed by atoms with E-state index >= 15 is 0 Å². The Kier molecular flexibility index (Phi) is 4.26. The van der Waals surface area contributed by atoms with Gasteiger partial charge in [0, 0.05) is 30.9 Å². The predicted octanol–water partition coefficient (Wildman–Crippen LogP) is 2.40. The fourth-order valence-corrected chi connectivity index (χ4v) is 2.53. The van der Waals surface area contributed by atoms with Gasteiger partial charge in [0.2, 0.25) is 0 Å². The van der Waals surface area contributed by atoms with Crippen molar-refractivity contribution in [2.75, 3.05) is 32.1 Å². The first kappa shape index (κ1) is 12.2. The lowest BCUT2D eigenvalue weighted by Gasteiger charge is -2.31. The summed E-state index contributed by atoms with van der Waals surface area (Å²) in [5.74, 6) is 0.988. The second-order valence-corrected chi connectivity index (χ2v) is 4.54. The summed E-state index contributed by atoms with van der Waals surface area (Å²) < 4.78 is 5.46. The van der Waals surface area contributed by atoms with Crippen molar-refractivity contribution < 1.29 is 4.74 Å². The summed E-state index contributed by atoms with van der Waals surface area (Å²) in [6.45, 7) is 3.20. The fraction of sp³-hybridized carbons (Fsp3) is 0.571. The largest absolute Gasteiger partial charge is 0.496 e. The monoisotopic (exact) mass is 234 g/mol. The molecule has 1 aliphatic heterocycles. The van der Waals surface area contributed by atoms with Crippen LogP contribution in [0.5, 0.6) is 5.75 Å². The lowest BCUT2D eigenvalue weighted by molar-refractivity contribution is 0.408. The van der Waals surface area contributed by atoms with E-state index in [0.29, 0.717) is 0 Å². The number of benzene rings is 1. The molecule has 0 aliphatic carbocycles. The summed E-state index contributed by atoms with van der Waals surface area (Å²) >= 11 is 0. The standard InChI is InChI=1S/C14H22N2O/c1-15-11-12-13(7-6-8-14(12)17-2)16-9-4-3-5-10-16/h6-8,15H,3-5,9-11H2,1-2H3. The normalized spacial score (nSPS) is 16.0. The molecule has 1 heterocycles. The Bertz CT molecular complexity index is 359. The van der Waals surface area contributed by atoms with Crippen molar-refractivity contribution in [2.45, 2.75) is 25.8 Å². The molecule has 0 saturated carbocycles. The molecule has 17 heavy (non-hydrogen) atoms. The van der Waals surface area contributed by atoms with Crippen LogP contribution in [0.25, 0.3) is 0 Å². The zero-order chi connectivity index (χ0) is 12.1. The van der Waals surface area contributed by atoms with Crippen LogP contribution in [-0.2, 0) is 6.54 Å². The molecule has 0 atom stereocenters. The van der Waals surface area contributed by atoms with Gasteiger partial charge in [-0.05, 0) is 38.4 Å². The van der Waals surface area contributed by atoms with Crippen molar-refractivity contribution >= 4 is 5.69 Å². The Labute approximate surface area is 104 Å². The molecule has 1 aliphatic rings. The van der Waals surface area contributed by atoms with E-state index in [2.05, 4.69) is 22.3 Å². The van der Waals surface area contributed by atoms with Crippen molar-refractivity contribution in [3.63, 3.8) is 0 Å². The zero-order valence-electron chi connectivity index (χ0n) is 10.8. The van der Waals surface area contributed by atoms with Gasteiger partial charge in [-0.25, -0.2) is 0 Å². The number of ether oxygens (including phenoxy) is 1. The zero-order valence-corrected chi connectivity index (χ0v) is 10.8. The van der Waals surface area contributed by atoms with Crippen molar-refractivity contribution in [1.82, 2.24) is 5.32 Å². The Morgan fingerprint density at radius 1 is 1.24 bits per heavy atom. The topological polar surface area (TPSA) is 24.5 Å². The molecule has 1 N–H and O–H groups in total. The SMILES string of the molecule is CNCc1c(OC)cccc1N1CCCCC1. The van der Waals surface area contributed by atoms with Crippen LogP contribution >= 0.6 is 0 Å². The number of methoxy groups -OCH3 is 1. The van der Waals surface area contributed by atoms with Gasteiger partial charge in [0.25, 0.3) is 0 Å². The third kappa shape index (κ3) is 2.72. The molecule has 1 saturated heterocycles. The molecular weight excluding hydrogens is 212 g/mol. The van der Waals surface area contributed by atoms with Crippen molar-refractivity contribution in [1.29, 1.82) is 0 Å². The van der Waals surface area contributed by atoms with Gasteiger partial charge in [-0.3, -0.25) is 0 Å². The van der Waals surface area contributed by atoms with Crippen molar-refractivity contribution in [2.24, 2.45) is 0 Å². The highest BCUT2D eigenvalue weighted by Gasteiger charge is 2.16. The third-order valence-corrected chi connectivity index (χ3v) is 3.38. The van der Waals surface area contributed by atoms with Gasteiger partial charge in [-0.1, -0.05) is 6.07 Å². The average molecular weight is 234 g/mol. The van der Waals surface area contributed by atoms with Gasteiger partial charge in [0.05, 0.1) is 7.11 Å². The van der Waals surface area contributed by atoms with E-state index in [1.165, 1.54) is 43.6 Å². The highest BCUT2D eigenvalue weighted by molar-refractivity contribution is 5.59. The maximum atomic E-state index is 5.46. The number of nitrogens with zero attached hydrogens (tertiary/aromatic N) is 1. The Morgan fingerprint density at radius 3 is 2.65 bits per heavy atom. The molecule has 0 bridgehead atoms. The number of rotatable bonds is 4. The first-order valence-corrected chi connectivity index (χ1v) is 6.42. The second kappa shape index (κ2) is 5.92. The molecule has 3 nitrogen and oxygen atoms in total. The number of anilines is 1. The van der Waals surface area contributed by atoms with E-state index < -0.39 is 0 Å². The van der Waals surface area contributed by atoms with Crippen LogP contribution in [0.2, 0.25) is 0 Å². The molecule has 0 aromatic heterocycles. The van der Waals surface area contributed by atoms with Crippen LogP contribution in [0.15, 0.2) is 18.2 Å². The van der Waals surface area contributed by atoms with Gasteiger partial charge < -0.3 is 15.0 Å². The number of hydrogen-bond donors (Lipinski definition) is 1. The van der Waals surface area contributed by atoms with Crippen LogP contribution in [0.3, 0.4) is 0 Å². The van der Waals surface area contributed by atoms with Crippen LogP contribution in [0.4, 0.5) is 5.69 Å². The third-order valence-electron chi connectivity index (χ3n) is 3.38.